The Morgan fingerprint density at radius 3 is 2.45 bits per heavy atom. The van der Waals surface area contributed by atoms with Gasteiger partial charge >= 0.3 is 0 Å². The first kappa shape index (κ1) is 8.71. The van der Waals surface area contributed by atoms with E-state index in [2.05, 4.69) is 0 Å². The molecule has 0 aliphatic carbocycles. The Kier molecular flexibility index (Phi) is 2.05. The molecule has 0 aromatic rings. The van der Waals surface area contributed by atoms with Crippen molar-refractivity contribution < 1.29 is 19.7 Å². The highest BCUT2D eigenvalue weighted by Crippen LogP contribution is 2.27. The van der Waals surface area contributed by atoms with Gasteiger partial charge in [0.2, 0.25) is 0 Å². The number of aliphatic hydroxyl groups excluding tert-OH is 1. The Morgan fingerprint density at radius 2 is 2.27 bits per heavy atom. The van der Waals surface area contributed by atoms with Crippen LogP contribution in [0.3, 0.4) is 0 Å². The summed E-state index contributed by atoms with van der Waals surface area (Å²) in [7, 11) is 1.62. The maximum Gasteiger partial charge on any atom is 0.151 e. The van der Waals surface area contributed by atoms with Crippen molar-refractivity contribution in [2.24, 2.45) is 0 Å². The molecule has 1 saturated heterocycles. The minimum Gasteiger partial charge on any atom is -0.387 e. The van der Waals surface area contributed by atoms with Crippen molar-refractivity contribution in [2.45, 2.75) is 30.7 Å². The predicted octanol–water partition coefficient (Wildman–Crippen LogP) is -2.34. The molecule has 11 heavy (non-hydrogen) atoms. The van der Waals surface area contributed by atoms with E-state index in [1.165, 1.54) is 6.92 Å². The van der Waals surface area contributed by atoms with Crippen LogP contribution in [-0.2, 0) is 9.53 Å². The highest BCUT2D eigenvalue weighted by atomic mass is 16.5. The summed E-state index contributed by atoms with van der Waals surface area (Å²) < 4.78 is 4.97. The SMILES string of the molecule is B[C@@H]1O[C@H](C=O)C(O)C1(C)O. The summed E-state index contributed by atoms with van der Waals surface area (Å²) in [5.74, 6) is 0. The second-order valence-corrected chi connectivity index (χ2v) is 3.05. The van der Waals surface area contributed by atoms with E-state index in [0.29, 0.717) is 6.29 Å². The van der Waals surface area contributed by atoms with Gasteiger partial charge in [0, 0.05) is 0 Å². The zero-order valence-electron chi connectivity index (χ0n) is 6.52. The van der Waals surface area contributed by atoms with E-state index >= 15 is 0 Å². The third kappa shape index (κ3) is 1.19. The minimum atomic E-state index is -1.31. The number of hydrogen-bond acceptors (Lipinski definition) is 4. The molecule has 4 atom stereocenters. The summed E-state index contributed by atoms with van der Waals surface area (Å²) in [4.78, 5) is 10.3. The molecule has 1 fully saturated rings. The van der Waals surface area contributed by atoms with Crippen LogP contribution in [0.4, 0.5) is 0 Å². The molecule has 1 rings (SSSR count). The molecule has 0 bridgehead atoms. The van der Waals surface area contributed by atoms with E-state index in [-0.39, 0.29) is 0 Å². The fourth-order valence-electron chi connectivity index (χ4n) is 1.13. The fraction of sp³-hybridized carbons (Fsp3) is 0.833. The number of rotatable bonds is 1. The number of aliphatic hydroxyl groups is 2. The summed E-state index contributed by atoms with van der Waals surface area (Å²) in [6.07, 6.45) is -1.50. The Labute approximate surface area is 65.6 Å². The van der Waals surface area contributed by atoms with Crippen LogP contribution in [0.1, 0.15) is 6.92 Å². The third-order valence-electron chi connectivity index (χ3n) is 2.23. The van der Waals surface area contributed by atoms with Gasteiger partial charge in [-0.2, -0.15) is 0 Å². The van der Waals surface area contributed by atoms with Gasteiger partial charge in [0.05, 0.1) is 6.00 Å². The van der Waals surface area contributed by atoms with Crippen LogP contribution < -0.4 is 0 Å². The molecule has 4 nitrogen and oxygen atoms in total. The normalized spacial score (nSPS) is 51.0. The number of aldehydes is 1. The topological polar surface area (TPSA) is 66.8 Å². The molecule has 1 aliphatic heterocycles. The molecule has 2 N–H and O–H groups in total. The Morgan fingerprint density at radius 1 is 1.73 bits per heavy atom. The van der Waals surface area contributed by atoms with Crippen molar-refractivity contribution in [3.63, 3.8) is 0 Å². The van der Waals surface area contributed by atoms with Crippen LogP contribution in [0.15, 0.2) is 0 Å². The van der Waals surface area contributed by atoms with E-state index < -0.39 is 23.8 Å². The Bertz CT molecular complexity index is 170. The van der Waals surface area contributed by atoms with Gasteiger partial charge in [0.15, 0.2) is 6.29 Å². The van der Waals surface area contributed by atoms with Crippen LogP contribution in [0.25, 0.3) is 0 Å². The second kappa shape index (κ2) is 2.58. The third-order valence-corrected chi connectivity index (χ3v) is 2.23. The van der Waals surface area contributed by atoms with Crippen molar-refractivity contribution in [3.8, 4) is 0 Å². The van der Waals surface area contributed by atoms with Crippen molar-refractivity contribution in [1.29, 1.82) is 0 Å². The maximum absolute atomic E-state index is 10.3. The molecule has 2 unspecified atom stereocenters. The standard InChI is InChI=1S/C6H11BO4/c1-6(10)4(9)3(2-8)11-5(6)7/h2-5,9-10H,7H2,1H3/t3-,4?,5-,6?/m1/s1. The van der Waals surface area contributed by atoms with Gasteiger partial charge in [-0.1, -0.05) is 0 Å². The van der Waals surface area contributed by atoms with Crippen molar-refractivity contribution in [2.75, 3.05) is 0 Å². The monoisotopic (exact) mass is 158 g/mol. The van der Waals surface area contributed by atoms with Crippen LogP contribution in [0, 0.1) is 0 Å². The molecule has 1 heterocycles. The van der Waals surface area contributed by atoms with Gasteiger partial charge in [0.1, 0.15) is 25.7 Å². The summed E-state index contributed by atoms with van der Waals surface area (Å²) in [5.41, 5.74) is -1.31. The molecule has 1 aliphatic rings. The Hall–Kier alpha value is -0.385. The molecule has 0 radical (unpaired) electrons. The smallest absolute Gasteiger partial charge is 0.151 e. The molecule has 0 amide bonds. The first-order chi connectivity index (χ1) is 5.00. The van der Waals surface area contributed by atoms with Crippen molar-refractivity contribution in [1.82, 2.24) is 0 Å². The number of carbonyl (C=O) groups is 1. The maximum atomic E-state index is 10.3. The van der Waals surface area contributed by atoms with Gasteiger partial charge in [0.25, 0.3) is 0 Å². The molecule has 62 valence electrons. The number of carbonyl (C=O) groups excluding carboxylic acids is 1. The highest BCUT2D eigenvalue weighted by molar-refractivity contribution is 6.12. The first-order valence-corrected chi connectivity index (χ1v) is 3.51. The first-order valence-electron chi connectivity index (χ1n) is 3.51. The highest BCUT2D eigenvalue weighted by Gasteiger charge is 2.49. The van der Waals surface area contributed by atoms with Gasteiger partial charge in [-0.05, 0) is 6.92 Å². The zero-order chi connectivity index (χ0) is 8.65. The lowest BCUT2D eigenvalue weighted by Gasteiger charge is -2.23. The minimum absolute atomic E-state index is 0.503. The van der Waals surface area contributed by atoms with Gasteiger partial charge in [-0.3, -0.25) is 0 Å². The molecule has 0 aromatic carbocycles. The average molecular weight is 158 g/mol. The summed E-state index contributed by atoms with van der Waals surface area (Å²) in [6.45, 7) is 1.45. The predicted molar refractivity (Wildman–Crippen MR) is 39.9 cm³/mol. The van der Waals surface area contributed by atoms with Crippen LogP contribution in [0.5, 0.6) is 0 Å². The lowest BCUT2D eigenvalue weighted by molar-refractivity contribution is -0.120. The second-order valence-electron chi connectivity index (χ2n) is 3.05. The van der Waals surface area contributed by atoms with E-state index in [1.54, 1.807) is 7.85 Å². The number of hydrogen-bond donors (Lipinski definition) is 2. The molecule has 0 spiro atoms. The van der Waals surface area contributed by atoms with Gasteiger partial charge < -0.3 is 19.7 Å². The average Bonchev–Trinajstić information content (AvgIpc) is 2.14. The summed E-state index contributed by atoms with van der Waals surface area (Å²) in [5, 5.41) is 18.8. The quantitative estimate of drug-likeness (QED) is 0.331. The van der Waals surface area contributed by atoms with Crippen molar-refractivity contribution >= 4 is 14.1 Å². The molecule has 0 aromatic heterocycles. The lowest BCUT2D eigenvalue weighted by atomic mass is 9.82. The molecule has 5 heteroatoms. The van der Waals surface area contributed by atoms with Crippen LogP contribution in [0.2, 0.25) is 0 Å². The van der Waals surface area contributed by atoms with Crippen LogP contribution >= 0.6 is 0 Å². The van der Waals surface area contributed by atoms with E-state index in [9.17, 15) is 15.0 Å². The molecular weight excluding hydrogens is 147 g/mol. The van der Waals surface area contributed by atoms with E-state index in [1.807, 2.05) is 0 Å². The molecular formula is C6H11BO4. The van der Waals surface area contributed by atoms with Crippen molar-refractivity contribution in [3.05, 3.63) is 0 Å². The lowest BCUT2D eigenvalue weighted by Crippen LogP contribution is -2.45. The fourth-order valence-corrected chi connectivity index (χ4v) is 1.13. The molecule has 0 saturated carbocycles. The Balaban J connectivity index is 2.79. The largest absolute Gasteiger partial charge is 0.387 e. The van der Waals surface area contributed by atoms with Gasteiger partial charge in [-0.25, -0.2) is 0 Å². The number of ether oxygens (including phenoxy) is 1. The van der Waals surface area contributed by atoms with E-state index in [0.717, 1.165) is 0 Å². The summed E-state index contributed by atoms with van der Waals surface area (Å²) in [6, 6.07) is -0.507. The zero-order valence-corrected chi connectivity index (χ0v) is 6.52. The summed E-state index contributed by atoms with van der Waals surface area (Å²) >= 11 is 0. The van der Waals surface area contributed by atoms with E-state index in [4.69, 9.17) is 4.74 Å². The van der Waals surface area contributed by atoms with Crippen LogP contribution in [-0.4, -0.2) is 48.2 Å². The van der Waals surface area contributed by atoms with Gasteiger partial charge in [-0.15, -0.1) is 0 Å².